The molecule has 8 nitrogen and oxygen atoms in total. The molecule has 3 aromatic rings. The van der Waals surface area contributed by atoms with Crippen LogP contribution >= 0.6 is 0 Å². The number of ether oxygens (including phenoxy) is 2. The van der Waals surface area contributed by atoms with Gasteiger partial charge in [-0.15, -0.1) is 0 Å². The summed E-state index contributed by atoms with van der Waals surface area (Å²) < 4.78 is 10.9. The molecular weight excluding hydrogens is 444 g/mol. The first-order valence-corrected chi connectivity index (χ1v) is 11.4. The summed E-state index contributed by atoms with van der Waals surface area (Å²) in [6.07, 6.45) is 1.86. The lowest BCUT2D eigenvalue weighted by Crippen LogP contribution is -2.32. The van der Waals surface area contributed by atoms with E-state index < -0.39 is 11.8 Å². The van der Waals surface area contributed by atoms with Gasteiger partial charge in [-0.3, -0.25) is 14.5 Å². The molecule has 1 aliphatic rings. The zero-order valence-electron chi connectivity index (χ0n) is 20.0. The van der Waals surface area contributed by atoms with Crippen molar-refractivity contribution in [3.8, 4) is 11.5 Å². The monoisotopic (exact) mass is 474 g/mol. The van der Waals surface area contributed by atoms with Gasteiger partial charge in [0.05, 0.1) is 25.3 Å². The Labute approximate surface area is 204 Å². The third-order valence-electron chi connectivity index (χ3n) is 6.28. The lowest BCUT2D eigenvalue weighted by atomic mass is 9.98. The van der Waals surface area contributed by atoms with Crippen molar-refractivity contribution in [2.45, 2.75) is 19.4 Å². The summed E-state index contributed by atoms with van der Waals surface area (Å²) in [5.74, 6) is 0.420. The molecule has 0 aliphatic carbocycles. The van der Waals surface area contributed by atoms with Gasteiger partial charge in [0.15, 0.2) is 11.5 Å². The fraction of sp³-hybridized carbons (Fsp3) is 0.259. The number of amides is 2. The topological polar surface area (TPSA) is 120 Å². The van der Waals surface area contributed by atoms with Crippen molar-refractivity contribution in [3.63, 3.8) is 0 Å². The van der Waals surface area contributed by atoms with E-state index in [4.69, 9.17) is 20.9 Å². The highest BCUT2D eigenvalue weighted by Crippen LogP contribution is 2.33. The molecule has 35 heavy (non-hydrogen) atoms. The minimum absolute atomic E-state index is 0.0956. The molecule has 0 spiro atoms. The molecule has 0 aromatic heterocycles. The average molecular weight is 475 g/mol. The molecule has 0 unspecified atom stereocenters. The number of fused-ring (bicyclic) bond motifs is 1. The Balaban J connectivity index is 1.35. The van der Waals surface area contributed by atoms with Gasteiger partial charge in [-0.25, -0.2) is 0 Å². The Bertz CT molecular complexity index is 1240. The van der Waals surface area contributed by atoms with Crippen molar-refractivity contribution in [1.29, 1.82) is 0 Å². The molecule has 8 heteroatoms. The number of nitrogens with one attached hydrogen (secondary N) is 1. The standard InChI is InChI=1S/C27H30N4O4/c1-34-24-13-18-10-12-31(16-19(18)14-25(24)35-2)11-9-17-3-6-21(7-4-17)30-27(33)22-8-5-20(28)15-23(22)26(29)32/h3-8,13-15H,9-12,16,28H2,1-2H3,(H2,29,32)(H,30,33). The highest BCUT2D eigenvalue weighted by atomic mass is 16.5. The van der Waals surface area contributed by atoms with Gasteiger partial charge < -0.3 is 26.3 Å². The van der Waals surface area contributed by atoms with Crippen LogP contribution in [0.1, 0.15) is 37.4 Å². The van der Waals surface area contributed by atoms with Crippen molar-refractivity contribution < 1.29 is 19.1 Å². The zero-order valence-corrected chi connectivity index (χ0v) is 20.0. The van der Waals surface area contributed by atoms with E-state index in [1.807, 2.05) is 24.3 Å². The summed E-state index contributed by atoms with van der Waals surface area (Å²) in [6, 6.07) is 16.3. The van der Waals surface area contributed by atoms with E-state index in [1.54, 1.807) is 20.3 Å². The van der Waals surface area contributed by atoms with E-state index in [1.165, 1.54) is 28.8 Å². The second-order valence-corrected chi connectivity index (χ2v) is 8.57. The first-order chi connectivity index (χ1) is 16.9. The fourth-order valence-corrected chi connectivity index (χ4v) is 4.34. The Kier molecular flexibility index (Phi) is 7.22. The quantitative estimate of drug-likeness (QED) is 0.431. The molecule has 0 saturated heterocycles. The number of nitrogen functional groups attached to an aromatic ring is 1. The predicted molar refractivity (Wildman–Crippen MR) is 136 cm³/mol. The van der Waals surface area contributed by atoms with Crippen LogP contribution in [-0.2, 0) is 19.4 Å². The molecule has 0 fully saturated rings. The molecule has 3 aromatic carbocycles. The summed E-state index contributed by atoms with van der Waals surface area (Å²) in [5.41, 5.74) is 16.1. The van der Waals surface area contributed by atoms with Crippen LogP contribution in [0.25, 0.3) is 0 Å². The summed E-state index contributed by atoms with van der Waals surface area (Å²) in [4.78, 5) is 26.8. The third kappa shape index (κ3) is 5.55. The Morgan fingerprint density at radius 1 is 0.943 bits per heavy atom. The number of carbonyl (C=O) groups is 2. The SMILES string of the molecule is COc1cc2c(cc1OC)CN(CCc1ccc(NC(=O)c3ccc(N)cc3C(N)=O)cc1)CC2. The van der Waals surface area contributed by atoms with Gasteiger partial charge >= 0.3 is 0 Å². The summed E-state index contributed by atoms with van der Waals surface area (Å²) in [7, 11) is 3.32. The molecule has 1 aliphatic heterocycles. The van der Waals surface area contributed by atoms with E-state index in [0.717, 1.165) is 44.0 Å². The van der Waals surface area contributed by atoms with Crippen LogP contribution in [0, 0.1) is 0 Å². The van der Waals surface area contributed by atoms with E-state index >= 15 is 0 Å². The number of anilines is 2. The number of methoxy groups -OCH3 is 2. The first kappa shape index (κ1) is 24.1. The second kappa shape index (κ2) is 10.5. The van der Waals surface area contributed by atoms with E-state index in [-0.39, 0.29) is 11.1 Å². The second-order valence-electron chi connectivity index (χ2n) is 8.57. The number of nitrogens with two attached hydrogens (primary N) is 2. The van der Waals surface area contributed by atoms with Crippen molar-refractivity contribution in [3.05, 3.63) is 82.4 Å². The van der Waals surface area contributed by atoms with Crippen LogP contribution < -0.4 is 26.3 Å². The van der Waals surface area contributed by atoms with Crippen LogP contribution in [0.15, 0.2) is 54.6 Å². The average Bonchev–Trinajstić information content (AvgIpc) is 2.87. The Morgan fingerprint density at radius 2 is 1.63 bits per heavy atom. The van der Waals surface area contributed by atoms with Gasteiger partial charge in [0.1, 0.15) is 0 Å². The van der Waals surface area contributed by atoms with Crippen molar-refractivity contribution >= 4 is 23.2 Å². The van der Waals surface area contributed by atoms with E-state index in [0.29, 0.717) is 11.4 Å². The zero-order chi connectivity index (χ0) is 24.9. The number of benzene rings is 3. The number of hydrogen-bond acceptors (Lipinski definition) is 6. The number of nitrogens with zero attached hydrogens (tertiary/aromatic N) is 1. The molecule has 0 saturated carbocycles. The highest BCUT2D eigenvalue weighted by molar-refractivity contribution is 6.12. The molecular formula is C27H30N4O4. The fourth-order valence-electron chi connectivity index (χ4n) is 4.34. The van der Waals surface area contributed by atoms with Crippen LogP contribution in [-0.4, -0.2) is 44.0 Å². The minimum Gasteiger partial charge on any atom is -0.493 e. The molecule has 4 rings (SSSR count). The van der Waals surface area contributed by atoms with Gasteiger partial charge in [0, 0.05) is 31.0 Å². The van der Waals surface area contributed by atoms with Crippen molar-refractivity contribution in [2.24, 2.45) is 5.73 Å². The number of carbonyl (C=O) groups excluding carboxylic acids is 2. The molecule has 0 atom stereocenters. The predicted octanol–water partition coefficient (Wildman–Crippen LogP) is 3.24. The van der Waals surface area contributed by atoms with E-state index in [2.05, 4.69) is 22.3 Å². The first-order valence-electron chi connectivity index (χ1n) is 11.4. The maximum Gasteiger partial charge on any atom is 0.256 e. The van der Waals surface area contributed by atoms with Crippen molar-refractivity contribution in [1.82, 2.24) is 4.90 Å². The lowest BCUT2D eigenvalue weighted by molar-refractivity contribution is 0.0977. The molecule has 0 bridgehead atoms. The number of hydrogen-bond donors (Lipinski definition) is 3. The van der Waals surface area contributed by atoms with Gasteiger partial charge in [-0.05, 0) is 72.0 Å². The number of rotatable bonds is 8. The molecule has 2 amide bonds. The van der Waals surface area contributed by atoms with E-state index in [9.17, 15) is 9.59 Å². The maximum atomic E-state index is 12.7. The summed E-state index contributed by atoms with van der Waals surface area (Å²) in [5, 5.41) is 2.82. The van der Waals surface area contributed by atoms with Gasteiger partial charge in [-0.2, -0.15) is 0 Å². The normalized spacial score (nSPS) is 13.1. The van der Waals surface area contributed by atoms with Crippen molar-refractivity contribution in [2.75, 3.05) is 38.4 Å². The Hall–Kier alpha value is -4.04. The van der Waals surface area contributed by atoms with Crippen LogP contribution in [0.3, 0.4) is 0 Å². The third-order valence-corrected chi connectivity index (χ3v) is 6.28. The largest absolute Gasteiger partial charge is 0.493 e. The molecule has 182 valence electrons. The molecule has 5 N–H and O–H groups in total. The van der Waals surface area contributed by atoms with Crippen LogP contribution in [0.4, 0.5) is 11.4 Å². The molecule has 1 heterocycles. The lowest BCUT2D eigenvalue weighted by Gasteiger charge is -2.29. The summed E-state index contributed by atoms with van der Waals surface area (Å²) in [6.45, 7) is 2.78. The Morgan fingerprint density at radius 3 is 2.29 bits per heavy atom. The smallest absolute Gasteiger partial charge is 0.256 e. The van der Waals surface area contributed by atoms with Crippen LogP contribution in [0.2, 0.25) is 0 Å². The van der Waals surface area contributed by atoms with Gasteiger partial charge in [0.25, 0.3) is 5.91 Å². The minimum atomic E-state index is -0.698. The summed E-state index contributed by atoms with van der Waals surface area (Å²) >= 11 is 0. The maximum absolute atomic E-state index is 12.7. The van der Waals surface area contributed by atoms with Crippen LogP contribution in [0.5, 0.6) is 11.5 Å². The molecule has 0 radical (unpaired) electrons. The van der Waals surface area contributed by atoms with Gasteiger partial charge in [0.2, 0.25) is 5.91 Å². The highest BCUT2D eigenvalue weighted by Gasteiger charge is 2.19. The number of primary amides is 1. The van der Waals surface area contributed by atoms with Gasteiger partial charge in [-0.1, -0.05) is 12.1 Å².